The van der Waals surface area contributed by atoms with Crippen molar-refractivity contribution >= 4 is 22.8 Å². The van der Waals surface area contributed by atoms with Crippen LogP contribution in [-0.4, -0.2) is 60.7 Å². The third kappa shape index (κ3) is 6.62. The molecule has 1 saturated heterocycles. The number of carbonyl (C=O) groups is 2. The van der Waals surface area contributed by atoms with E-state index in [0.29, 0.717) is 39.3 Å². The summed E-state index contributed by atoms with van der Waals surface area (Å²) in [7, 11) is 0. The molecule has 1 rings (SSSR count). The van der Waals surface area contributed by atoms with Gasteiger partial charge in [-0.25, -0.2) is 0 Å². The molecule has 0 aromatic carbocycles. The molecule has 6 heteroatoms. The normalized spacial score (nSPS) is 18.6. The van der Waals surface area contributed by atoms with Crippen LogP contribution in [0.4, 0.5) is 0 Å². The molecule has 1 heterocycles. The van der Waals surface area contributed by atoms with Crippen LogP contribution >= 0.6 is 11.8 Å². The van der Waals surface area contributed by atoms with E-state index in [1.165, 1.54) is 18.7 Å². The van der Waals surface area contributed by atoms with Gasteiger partial charge in [-0.15, -0.1) is 6.42 Å². The third-order valence-corrected chi connectivity index (χ3v) is 3.56. The minimum absolute atomic E-state index is 0.0570. The standard InChI is InChI=1S/C13H19NO4S/c1-3-5-17-7-8-18-6-4-14-10-12(9-13(14)16)19-11(2)15/h1,12H,4-10H2,2H3. The summed E-state index contributed by atoms with van der Waals surface area (Å²) >= 11 is 1.24. The first kappa shape index (κ1) is 16.0. The zero-order valence-corrected chi connectivity index (χ0v) is 11.9. The topological polar surface area (TPSA) is 55.8 Å². The zero-order valence-electron chi connectivity index (χ0n) is 11.1. The Morgan fingerprint density at radius 2 is 2.21 bits per heavy atom. The van der Waals surface area contributed by atoms with Gasteiger partial charge in [0, 0.05) is 31.7 Å². The van der Waals surface area contributed by atoms with Crippen molar-refractivity contribution in [3.05, 3.63) is 0 Å². The molecule has 1 amide bonds. The van der Waals surface area contributed by atoms with E-state index in [4.69, 9.17) is 15.9 Å². The largest absolute Gasteiger partial charge is 0.377 e. The molecule has 0 bridgehead atoms. The van der Waals surface area contributed by atoms with Gasteiger partial charge >= 0.3 is 0 Å². The van der Waals surface area contributed by atoms with Gasteiger partial charge in [0.2, 0.25) is 5.91 Å². The molecule has 1 unspecified atom stereocenters. The smallest absolute Gasteiger partial charge is 0.223 e. The summed E-state index contributed by atoms with van der Waals surface area (Å²) in [5.41, 5.74) is 0. The fraction of sp³-hybridized carbons (Fsp3) is 0.692. The van der Waals surface area contributed by atoms with Crippen molar-refractivity contribution in [2.75, 3.05) is 39.5 Å². The maximum Gasteiger partial charge on any atom is 0.223 e. The SMILES string of the molecule is C#CCOCCOCCN1CC(SC(C)=O)CC1=O. The second kappa shape index (κ2) is 8.97. The van der Waals surface area contributed by atoms with Gasteiger partial charge in [-0.2, -0.15) is 0 Å². The fourth-order valence-electron chi connectivity index (χ4n) is 1.79. The van der Waals surface area contributed by atoms with Crippen LogP contribution in [0.3, 0.4) is 0 Å². The first-order valence-corrected chi connectivity index (χ1v) is 7.05. The summed E-state index contributed by atoms with van der Waals surface area (Å²) in [5, 5.41) is 0.144. The number of ether oxygens (including phenoxy) is 2. The molecule has 0 aliphatic carbocycles. The second-order valence-electron chi connectivity index (χ2n) is 4.14. The molecule has 1 fully saturated rings. The van der Waals surface area contributed by atoms with Gasteiger partial charge in [0.1, 0.15) is 6.61 Å². The van der Waals surface area contributed by atoms with Crippen LogP contribution in [0.15, 0.2) is 0 Å². The Kier molecular flexibility index (Phi) is 7.56. The Morgan fingerprint density at radius 1 is 1.47 bits per heavy atom. The Labute approximate surface area is 118 Å². The molecule has 0 N–H and O–H groups in total. The van der Waals surface area contributed by atoms with Crippen molar-refractivity contribution in [1.82, 2.24) is 4.90 Å². The van der Waals surface area contributed by atoms with Gasteiger partial charge in [-0.05, 0) is 0 Å². The van der Waals surface area contributed by atoms with Crippen LogP contribution in [-0.2, 0) is 19.1 Å². The highest BCUT2D eigenvalue weighted by molar-refractivity contribution is 8.14. The summed E-state index contributed by atoms with van der Waals surface area (Å²) in [5.74, 6) is 2.46. The maximum atomic E-state index is 11.7. The minimum Gasteiger partial charge on any atom is -0.377 e. The van der Waals surface area contributed by atoms with Crippen molar-refractivity contribution in [3.8, 4) is 12.3 Å². The monoisotopic (exact) mass is 285 g/mol. The van der Waals surface area contributed by atoms with Crippen molar-refractivity contribution in [3.63, 3.8) is 0 Å². The highest BCUT2D eigenvalue weighted by Gasteiger charge is 2.30. The van der Waals surface area contributed by atoms with Crippen LogP contribution in [0.5, 0.6) is 0 Å². The summed E-state index contributed by atoms with van der Waals surface area (Å²) in [4.78, 5) is 24.4. The molecule has 0 aromatic heterocycles. The average Bonchev–Trinajstić information content (AvgIpc) is 2.67. The number of nitrogens with zero attached hydrogens (tertiary/aromatic N) is 1. The lowest BCUT2D eigenvalue weighted by atomic mass is 10.4. The molecule has 0 saturated carbocycles. The van der Waals surface area contributed by atoms with Gasteiger partial charge < -0.3 is 14.4 Å². The summed E-state index contributed by atoms with van der Waals surface area (Å²) < 4.78 is 10.4. The predicted octanol–water partition coefficient (Wildman–Crippen LogP) is 0.533. The maximum absolute atomic E-state index is 11.7. The van der Waals surface area contributed by atoms with E-state index in [1.54, 1.807) is 4.90 Å². The average molecular weight is 285 g/mol. The number of carbonyl (C=O) groups excluding carboxylic acids is 2. The zero-order chi connectivity index (χ0) is 14.1. The lowest BCUT2D eigenvalue weighted by Crippen LogP contribution is -2.29. The summed E-state index contributed by atoms with van der Waals surface area (Å²) in [6, 6.07) is 0. The summed E-state index contributed by atoms with van der Waals surface area (Å²) in [6.07, 6.45) is 5.47. The number of thioether (sulfide) groups is 1. The van der Waals surface area contributed by atoms with E-state index < -0.39 is 0 Å². The molecule has 106 valence electrons. The molecule has 5 nitrogen and oxygen atoms in total. The lowest BCUT2D eigenvalue weighted by molar-refractivity contribution is -0.128. The molecule has 1 atom stereocenters. The van der Waals surface area contributed by atoms with Crippen LogP contribution in [0.25, 0.3) is 0 Å². The number of hydrogen-bond acceptors (Lipinski definition) is 5. The molecule has 0 aromatic rings. The van der Waals surface area contributed by atoms with E-state index in [9.17, 15) is 9.59 Å². The van der Waals surface area contributed by atoms with E-state index >= 15 is 0 Å². The Hall–Kier alpha value is -1.03. The third-order valence-electron chi connectivity index (χ3n) is 2.57. The molecular formula is C13H19NO4S. The fourth-order valence-corrected chi connectivity index (χ4v) is 2.74. The number of terminal acetylenes is 1. The molecule has 0 radical (unpaired) electrons. The van der Waals surface area contributed by atoms with Crippen molar-refractivity contribution < 1.29 is 19.1 Å². The number of rotatable bonds is 8. The summed E-state index contributed by atoms with van der Waals surface area (Å²) in [6.45, 7) is 4.40. The van der Waals surface area contributed by atoms with Gasteiger partial charge in [-0.1, -0.05) is 17.7 Å². The first-order chi connectivity index (χ1) is 9.13. The number of likely N-dealkylation sites (tertiary alicyclic amines) is 1. The highest BCUT2D eigenvalue weighted by Crippen LogP contribution is 2.23. The molecular weight excluding hydrogens is 266 g/mol. The van der Waals surface area contributed by atoms with Crippen LogP contribution in [0, 0.1) is 12.3 Å². The van der Waals surface area contributed by atoms with E-state index in [2.05, 4.69) is 5.92 Å². The van der Waals surface area contributed by atoms with Gasteiger partial charge in [0.25, 0.3) is 0 Å². The quantitative estimate of drug-likeness (QED) is 0.481. The molecule has 0 spiro atoms. The number of amides is 1. The van der Waals surface area contributed by atoms with E-state index in [-0.39, 0.29) is 22.9 Å². The van der Waals surface area contributed by atoms with Crippen LogP contribution < -0.4 is 0 Å². The minimum atomic E-state index is 0.0570. The number of hydrogen-bond donors (Lipinski definition) is 0. The van der Waals surface area contributed by atoms with Crippen molar-refractivity contribution in [1.29, 1.82) is 0 Å². The van der Waals surface area contributed by atoms with E-state index in [1.807, 2.05) is 0 Å². The molecule has 1 aliphatic heterocycles. The van der Waals surface area contributed by atoms with E-state index in [0.717, 1.165) is 0 Å². The molecule has 19 heavy (non-hydrogen) atoms. The van der Waals surface area contributed by atoms with Gasteiger partial charge in [-0.3, -0.25) is 9.59 Å². The Bertz CT molecular complexity index is 353. The first-order valence-electron chi connectivity index (χ1n) is 6.17. The van der Waals surface area contributed by atoms with Crippen molar-refractivity contribution in [2.24, 2.45) is 0 Å². The Morgan fingerprint density at radius 3 is 2.89 bits per heavy atom. The predicted molar refractivity (Wildman–Crippen MR) is 73.7 cm³/mol. The highest BCUT2D eigenvalue weighted by atomic mass is 32.2. The Balaban J connectivity index is 2.08. The van der Waals surface area contributed by atoms with Crippen molar-refractivity contribution in [2.45, 2.75) is 18.6 Å². The van der Waals surface area contributed by atoms with Crippen LogP contribution in [0.1, 0.15) is 13.3 Å². The lowest BCUT2D eigenvalue weighted by Gasteiger charge is -2.16. The van der Waals surface area contributed by atoms with Gasteiger partial charge in [0.15, 0.2) is 5.12 Å². The second-order valence-corrected chi connectivity index (χ2v) is 5.62. The molecule has 1 aliphatic rings. The van der Waals surface area contributed by atoms with Crippen LogP contribution in [0.2, 0.25) is 0 Å². The van der Waals surface area contributed by atoms with Gasteiger partial charge in [0.05, 0.1) is 19.8 Å².